The molecule has 1 aromatic carbocycles. The summed E-state index contributed by atoms with van der Waals surface area (Å²) in [6.45, 7) is 2.28. The molecule has 1 aliphatic heterocycles. The van der Waals surface area contributed by atoms with Gasteiger partial charge in [-0.2, -0.15) is 0 Å². The number of rotatable bonds is 1. The number of benzene rings is 1. The summed E-state index contributed by atoms with van der Waals surface area (Å²) in [5, 5.41) is 3.37. The monoisotopic (exact) mass is 185 g/mol. The fourth-order valence-electron chi connectivity index (χ4n) is 2.01. The molecule has 0 unspecified atom stereocenters. The van der Waals surface area contributed by atoms with Gasteiger partial charge in [0.2, 0.25) is 0 Å². The van der Waals surface area contributed by atoms with Crippen LogP contribution in [-0.4, -0.2) is 13.1 Å². The third-order valence-electron chi connectivity index (χ3n) is 2.89. The first kappa shape index (κ1) is 9.30. The Balaban J connectivity index is 2.12. The number of nitrogens with one attached hydrogen (secondary N) is 1. The lowest BCUT2D eigenvalue weighted by Crippen LogP contribution is -2.26. The van der Waals surface area contributed by atoms with Crippen LogP contribution in [-0.2, 0) is 0 Å². The number of hydrogen-bond donors (Lipinski definition) is 1. The first-order valence-corrected chi connectivity index (χ1v) is 5.17. The van der Waals surface area contributed by atoms with Crippen molar-refractivity contribution in [3.63, 3.8) is 0 Å². The van der Waals surface area contributed by atoms with Crippen LogP contribution < -0.4 is 5.32 Å². The molecule has 0 bridgehead atoms. The van der Waals surface area contributed by atoms with Gasteiger partial charge in [0.1, 0.15) is 0 Å². The van der Waals surface area contributed by atoms with Crippen molar-refractivity contribution in [3.05, 3.63) is 35.4 Å². The minimum absolute atomic E-state index is 0.725. The Morgan fingerprint density at radius 1 is 1.14 bits per heavy atom. The molecule has 0 saturated carbocycles. The zero-order chi connectivity index (χ0) is 9.80. The molecule has 1 nitrogen and oxygen atoms in total. The maximum absolute atomic E-state index is 5.32. The van der Waals surface area contributed by atoms with Gasteiger partial charge >= 0.3 is 0 Å². The maximum atomic E-state index is 5.32. The summed E-state index contributed by atoms with van der Waals surface area (Å²) in [6.07, 6.45) is 7.81. The summed E-state index contributed by atoms with van der Waals surface area (Å²) >= 11 is 0. The third-order valence-corrected chi connectivity index (χ3v) is 2.89. The van der Waals surface area contributed by atoms with E-state index in [2.05, 4.69) is 23.4 Å². The standard InChI is InChI=1S/C13H15N/c1-2-11-3-5-12(6-4-11)13-7-9-14-10-8-13/h1,3-6,13-14H,7-10H2. The molecule has 0 aromatic heterocycles. The fourth-order valence-corrected chi connectivity index (χ4v) is 2.01. The third kappa shape index (κ3) is 1.97. The SMILES string of the molecule is C#Cc1ccc(C2CCNCC2)cc1. The van der Waals surface area contributed by atoms with E-state index >= 15 is 0 Å². The van der Waals surface area contributed by atoms with Crippen molar-refractivity contribution < 1.29 is 0 Å². The first-order valence-electron chi connectivity index (χ1n) is 5.17. The predicted molar refractivity (Wildman–Crippen MR) is 59.2 cm³/mol. The lowest BCUT2D eigenvalue weighted by molar-refractivity contribution is 0.460. The van der Waals surface area contributed by atoms with E-state index in [1.807, 2.05) is 12.1 Å². The minimum atomic E-state index is 0.725. The smallest absolute Gasteiger partial charge is 0.0242 e. The highest BCUT2D eigenvalue weighted by molar-refractivity contribution is 5.35. The summed E-state index contributed by atoms with van der Waals surface area (Å²) in [7, 11) is 0. The van der Waals surface area contributed by atoms with Gasteiger partial charge in [-0.3, -0.25) is 0 Å². The largest absolute Gasteiger partial charge is 0.317 e. The van der Waals surface area contributed by atoms with Crippen LogP contribution in [0, 0.1) is 12.3 Å². The van der Waals surface area contributed by atoms with Crippen molar-refractivity contribution >= 4 is 0 Å². The normalized spacial score (nSPS) is 17.6. The Kier molecular flexibility index (Phi) is 2.86. The molecule has 0 radical (unpaired) electrons. The highest BCUT2D eigenvalue weighted by Crippen LogP contribution is 2.24. The fraction of sp³-hybridized carbons (Fsp3) is 0.385. The maximum Gasteiger partial charge on any atom is 0.0242 e. The lowest BCUT2D eigenvalue weighted by Gasteiger charge is -2.22. The molecule has 72 valence electrons. The molecule has 14 heavy (non-hydrogen) atoms. The molecule has 1 saturated heterocycles. The number of terminal acetylenes is 1. The summed E-state index contributed by atoms with van der Waals surface area (Å²) in [4.78, 5) is 0. The van der Waals surface area contributed by atoms with Crippen LogP contribution in [0.1, 0.15) is 29.9 Å². The molecule has 1 aromatic rings. The highest BCUT2D eigenvalue weighted by atomic mass is 14.9. The molecule has 0 spiro atoms. The summed E-state index contributed by atoms with van der Waals surface area (Å²) < 4.78 is 0. The molecule has 0 amide bonds. The van der Waals surface area contributed by atoms with Gasteiger partial charge in [0, 0.05) is 5.56 Å². The molecule has 2 rings (SSSR count). The van der Waals surface area contributed by atoms with Crippen LogP contribution in [0.2, 0.25) is 0 Å². The van der Waals surface area contributed by atoms with Crippen molar-refractivity contribution in [1.29, 1.82) is 0 Å². The minimum Gasteiger partial charge on any atom is -0.317 e. The Hall–Kier alpha value is -1.26. The second-order valence-corrected chi connectivity index (χ2v) is 3.79. The van der Waals surface area contributed by atoms with Gasteiger partial charge < -0.3 is 5.32 Å². The quantitative estimate of drug-likeness (QED) is 0.661. The van der Waals surface area contributed by atoms with Crippen LogP contribution in [0.5, 0.6) is 0 Å². The van der Waals surface area contributed by atoms with E-state index < -0.39 is 0 Å². The predicted octanol–water partition coefficient (Wildman–Crippen LogP) is 2.13. The molecule has 1 heterocycles. The van der Waals surface area contributed by atoms with Crippen molar-refractivity contribution in [2.75, 3.05) is 13.1 Å². The molecule has 1 N–H and O–H groups in total. The van der Waals surface area contributed by atoms with E-state index in [1.54, 1.807) is 0 Å². The second-order valence-electron chi connectivity index (χ2n) is 3.79. The Labute approximate surface area is 85.5 Å². The van der Waals surface area contributed by atoms with Gasteiger partial charge in [0.25, 0.3) is 0 Å². The van der Waals surface area contributed by atoms with Gasteiger partial charge in [-0.15, -0.1) is 6.42 Å². The average Bonchev–Trinajstić information content (AvgIpc) is 2.30. The summed E-state index contributed by atoms with van der Waals surface area (Å²) in [6, 6.07) is 8.42. The molecule has 0 atom stereocenters. The summed E-state index contributed by atoms with van der Waals surface area (Å²) in [5.74, 6) is 3.37. The van der Waals surface area contributed by atoms with Gasteiger partial charge in [-0.05, 0) is 49.5 Å². The van der Waals surface area contributed by atoms with E-state index in [0.717, 1.165) is 24.6 Å². The molecular weight excluding hydrogens is 170 g/mol. The van der Waals surface area contributed by atoms with E-state index in [0.29, 0.717) is 0 Å². The first-order chi connectivity index (χ1) is 6.90. The second kappa shape index (κ2) is 4.30. The van der Waals surface area contributed by atoms with Crippen molar-refractivity contribution in [2.24, 2.45) is 0 Å². The van der Waals surface area contributed by atoms with E-state index in [-0.39, 0.29) is 0 Å². The zero-order valence-electron chi connectivity index (χ0n) is 8.29. The zero-order valence-corrected chi connectivity index (χ0v) is 8.29. The van der Waals surface area contributed by atoms with Crippen molar-refractivity contribution in [1.82, 2.24) is 5.32 Å². The molecular formula is C13H15N. The topological polar surface area (TPSA) is 12.0 Å². The van der Waals surface area contributed by atoms with Gasteiger partial charge in [-0.25, -0.2) is 0 Å². The Morgan fingerprint density at radius 3 is 2.36 bits per heavy atom. The van der Waals surface area contributed by atoms with Gasteiger partial charge in [0.15, 0.2) is 0 Å². The van der Waals surface area contributed by atoms with Crippen LogP contribution in [0.3, 0.4) is 0 Å². The van der Waals surface area contributed by atoms with Crippen LogP contribution in [0.25, 0.3) is 0 Å². The molecule has 1 fully saturated rings. The van der Waals surface area contributed by atoms with Crippen LogP contribution in [0.15, 0.2) is 24.3 Å². The van der Waals surface area contributed by atoms with Crippen molar-refractivity contribution in [2.45, 2.75) is 18.8 Å². The molecule has 1 heteroatoms. The van der Waals surface area contributed by atoms with Crippen LogP contribution >= 0.6 is 0 Å². The number of piperidine rings is 1. The van der Waals surface area contributed by atoms with Crippen LogP contribution in [0.4, 0.5) is 0 Å². The average molecular weight is 185 g/mol. The lowest BCUT2D eigenvalue weighted by atomic mass is 9.90. The van der Waals surface area contributed by atoms with Crippen molar-refractivity contribution in [3.8, 4) is 12.3 Å². The van der Waals surface area contributed by atoms with E-state index in [9.17, 15) is 0 Å². The molecule has 1 aliphatic rings. The van der Waals surface area contributed by atoms with Gasteiger partial charge in [0.05, 0.1) is 0 Å². The molecule has 0 aliphatic carbocycles. The number of hydrogen-bond acceptors (Lipinski definition) is 1. The highest BCUT2D eigenvalue weighted by Gasteiger charge is 2.14. The summed E-state index contributed by atoms with van der Waals surface area (Å²) in [5.41, 5.74) is 2.41. The van der Waals surface area contributed by atoms with E-state index in [1.165, 1.54) is 18.4 Å². The van der Waals surface area contributed by atoms with E-state index in [4.69, 9.17) is 6.42 Å². The Morgan fingerprint density at radius 2 is 1.79 bits per heavy atom. The Bertz CT molecular complexity index is 325. The van der Waals surface area contributed by atoms with Gasteiger partial charge in [-0.1, -0.05) is 18.1 Å².